The van der Waals surface area contributed by atoms with Crippen molar-refractivity contribution in [3.63, 3.8) is 0 Å². The molecule has 108 valence electrons. The predicted molar refractivity (Wildman–Crippen MR) is 75.0 cm³/mol. The average molecular weight is 286 g/mol. The molecular formula is C13H22N2O3S. The number of piperidine rings is 1. The molecule has 6 heteroatoms. The maximum absolute atomic E-state index is 12.6. The molecule has 19 heavy (non-hydrogen) atoms. The fourth-order valence-electron chi connectivity index (χ4n) is 2.84. The fourth-order valence-corrected chi connectivity index (χ4v) is 4.19. The number of aliphatic carboxylic acids is 1. The lowest BCUT2D eigenvalue weighted by Crippen LogP contribution is -2.55. The van der Waals surface area contributed by atoms with Crippen LogP contribution in [0.5, 0.6) is 0 Å². The first-order valence-electron chi connectivity index (χ1n) is 6.94. The van der Waals surface area contributed by atoms with Crippen LogP contribution in [0.15, 0.2) is 0 Å². The number of hydrogen-bond acceptors (Lipinski definition) is 4. The minimum Gasteiger partial charge on any atom is -0.480 e. The zero-order chi connectivity index (χ0) is 14.0. The Morgan fingerprint density at radius 2 is 2.21 bits per heavy atom. The SMILES string of the molecule is CCC1SCC(C(=O)O)N1C(=O)C1CC(C)CCN1. The standard InChI is InChI=1S/C13H22N2O3S/c1-3-11-15(10(7-19-11)13(17)18)12(16)9-6-8(2)4-5-14-9/h8-11,14H,3-7H2,1-2H3,(H,17,18). The lowest BCUT2D eigenvalue weighted by molar-refractivity contribution is -0.150. The Morgan fingerprint density at radius 1 is 1.47 bits per heavy atom. The van der Waals surface area contributed by atoms with Gasteiger partial charge in [0.2, 0.25) is 5.91 Å². The molecule has 1 amide bonds. The lowest BCUT2D eigenvalue weighted by atomic mass is 9.93. The molecule has 4 unspecified atom stereocenters. The quantitative estimate of drug-likeness (QED) is 0.814. The summed E-state index contributed by atoms with van der Waals surface area (Å²) >= 11 is 1.58. The van der Waals surface area contributed by atoms with Crippen LogP contribution < -0.4 is 5.32 Å². The summed E-state index contributed by atoms with van der Waals surface area (Å²) in [5.74, 6) is 0.104. The van der Waals surface area contributed by atoms with Crippen LogP contribution in [0.1, 0.15) is 33.1 Å². The highest BCUT2D eigenvalue weighted by Gasteiger charge is 2.43. The molecule has 0 radical (unpaired) electrons. The van der Waals surface area contributed by atoms with Gasteiger partial charge >= 0.3 is 5.97 Å². The van der Waals surface area contributed by atoms with Crippen molar-refractivity contribution in [3.8, 4) is 0 Å². The van der Waals surface area contributed by atoms with E-state index in [4.69, 9.17) is 0 Å². The molecule has 4 atom stereocenters. The Balaban J connectivity index is 2.11. The van der Waals surface area contributed by atoms with Crippen molar-refractivity contribution in [2.24, 2.45) is 5.92 Å². The molecule has 0 aromatic carbocycles. The zero-order valence-corrected chi connectivity index (χ0v) is 12.3. The number of amides is 1. The van der Waals surface area contributed by atoms with Gasteiger partial charge in [-0.1, -0.05) is 13.8 Å². The summed E-state index contributed by atoms with van der Waals surface area (Å²) in [5, 5.41) is 12.5. The minimum absolute atomic E-state index is 0.00707. The Bertz CT molecular complexity index is 364. The summed E-state index contributed by atoms with van der Waals surface area (Å²) in [6, 6.07) is -0.875. The van der Waals surface area contributed by atoms with Gasteiger partial charge in [-0.15, -0.1) is 11.8 Å². The Morgan fingerprint density at radius 3 is 2.79 bits per heavy atom. The van der Waals surface area contributed by atoms with Crippen LogP contribution in [0.2, 0.25) is 0 Å². The number of nitrogens with one attached hydrogen (secondary N) is 1. The van der Waals surface area contributed by atoms with E-state index in [-0.39, 0.29) is 17.3 Å². The van der Waals surface area contributed by atoms with Gasteiger partial charge in [0.1, 0.15) is 6.04 Å². The van der Waals surface area contributed by atoms with Crippen LogP contribution in [0.3, 0.4) is 0 Å². The van der Waals surface area contributed by atoms with E-state index < -0.39 is 12.0 Å². The molecule has 0 bridgehead atoms. The second kappa shape index (κ2) is 6.13. The van der Waals surface area contributed by atoms with Crippen molar-refractivity contribution in [2.75, 3.05) is 12.3 Å². The van der Waals surface area contributed by atoms with Crippen LogP contribution in [0.4, 0.5) is 0 Å². The number of rotatable bonds is 3. The molecule has 2 rings (SSSR count). The molecule has 2 N–H and O–H groups in total. The van der Waals surface area contributed by atoms with Crippen molar-refractivity contribution in [2.45, 2.75) is 50.6 Å². The van der Waals surface area contributed by atoms with Crippen molar-refractivity contribution < 1.29 is 14.7 Å². The summed E-state index contributed by atoms with van der Waals surface area (Å²) in [6.07, 6.45) is 2.68. The van der Waals surface area contributed by atoms with Gasteiger partial charge in [0, 0.05) is 5.75 Å². The van der Waals surface area contributed by atoms with E-state index in [1.54, 1.807) is 16.7 Å². The monoisotopic (exact) mass is 286 g/mol. The fraction of sp³-hybridized carbons (Fsp3) is 0.846. The number of carbonyl (C=O) groups excluding carboxylic acids is 1. The van der Waals surface area contributed by atoms with E-state index in [0.717, 1.165) is 25.8 Å². The number of nitrogens with zero attached hydrogens (tertiary/aromatic N) is 1. The van der Waals surface area contributed by atoms with Crippen LogP contribution in [0.25, 0.3) is 0 Å². The molecule has 2 fully saturated rings. The second-order valence-corrected chi connectivity index (χ2v) is 6.64. The topological polar surface area (TPSA) is 69.6 Å². The number of hydrogen-bond donors (Lipinski definition) is 2. The summed E-state index contributed by atoms with van der Waals surface area (Å²) in [6.45, 7) is 4.98. The van der Waals surface area contributed by atoms with Crippen LogP contribution in [-0.4, -0.2) is 51.6 Å². The molecule has 2 heterocycles. The molecular weight excluding hydrogens is 264 g/mol. The molecule has 5 nitrogen and oxygen atoms in total. The largest absolute Gasteiger partial charge is 0.480 e. The average Bonchev–Trinajstić information content (AvgIpc) is 2.81. The normalized spacial score (nSPS) is 35.4. The highest BCUT2D eigenvalue weighted by atomic mass is 32.2. The van der Waals surface area contributed by atoms with Gasteiger partial charge in [0.05, 0.1) is 11.4 Å². The summed E-state index contributed by atoms with van der Waals surface area (Å²) in [5.41, 5.74) is 0. The summed E-state index contributed by atoms with van der Waals surface area (Å²) < 4.78 is 0. The molecule has 0 aromatic heterocycles. The van der Waals surface area contributed by atoms with Gasteiger partial charge in [0.15, 0.2) is 0 Å². The van der Waals surface area contributed by atoms with E-state index >= 15 is 0 Å². The molecule has 0 aromatic rings. The Kier molecular flexibility index (Phi) is 4.73. The van der Waals surface area contributed by atoms with Crippen molar-refractivity contribution in [3.05, 3.63) is 0 Å². The number of carbonyl (C=O) groups is 2. The molecule has 2 saturated heterocycles. The number of thioether (sulfide) groups is 1. The number of carboxylic acid groups (broad SMARTS) is 1. The van der Waals surface area contributed by atoms with Gasteiger partial charge in [-0.05, 0) is 31.7 Å². The van der Waals surface area contributed by atoms with E-state index in [1.807, 2.05) is 6.92 Å². The van der Waals surface area contributed by atoms with Gasteiger partial charge in [0.25, 0.3) is 0 Å². The first-order chi connectivity index (χ1) is 9.04. The van der Waals surface area contributed by atoms with E-state index in [1.165, 1.54) is 0 Å². The third-order valence-corrected chi connectivity index (χ3v) is 5.40. The Labute approximate surface area is 118 Å². The second-order valence-electron chi connectivity index (χ2n) is 5.43. The molecule has 0 aliphatic carbocycles. The maximum atomic E-state index is 12.6. The van der Waals surface area contributed by atoms with Gasteiger partial charge in [-0.2, -0.15) is 0 Å². The zero-order valence-electron chi connectivity index (χ0n) is 11.5. The van der Waals surface area contributed by atoms with Crippen molar-refractivity contribution in [1.82, 2.24) is 10.2 Å². The third kappa shape index (κ3) is 3.05. The van der Waals surface area contributed by atoms with E-state index in [9.17, 15) is 14.7 Å². The first-order valence-corrected chi connectivity index (χ1v) is 7.99. The van der Waals surface area contributed by atoms with Crippen molar-refractivity contribution in [1.29, 1.82) is 0 Å². The predicted octanol–water partition coefficient (Wildman–Crippen LogP) is 1.14. The van der Waals surface area contributed by atoms with Crippen LogP contribution >= 0.6 is 11.8 Å². The third-order valence-electron chi connectivity index (χ3n) is 3.95. The first kappa shape index (κ1) is 14.7. The lowest BCUT2D eigenvalue weighted by Gasteiger charge is -2.34. The highest BCUT2D eigenvalue weighted by Crippen LogP contribution is 2.32. The smallest absolute Gasteiger partial charge is 0.327 e. The van der Waals surface area contributed by atoms with Gasteiger partial charge < -0.3 is 15.3 Å². The molecule has 0 spiro atoms. The van der Waals surface area contributed by atoms with E-state index in [2.05, 4.69) is 12.2 Å². The molecule has 2 aliphatic heterocycles. The van der Waals surface area contributed by atoms with Crippen LogP contribution in [0, 0.1) is 5.92 Å². The number of carboxylic acids is 1. The van der Waals surface area contributed by atoms with Crippen molar-refractivity contribution >= 4 is 23.6 Å². The Hall–Kier alpha value is -0.750. The molecule has 0 saturated carbocycles. The van der Waals surface area contributed by atoms with Crippen LogP contribution in [-0.2, 0) is 9.59 Å². The minimum atomic E-state index is -0.888. The molecule has 2 aliphatic rings. The summed E-state index contributed by atoms with van der Waals surface area (Å²) in [7, 11) is 0. The summed E-state index contributed by atoms with van der Waals surface area (Å²) in [4.78, 5) is 25.5. The van der Waals surface area contributed by atoms with Gasteiger partial charge in [-0.25, -0.2) is 4.79 Å². The maximum Gasteiger partial charge on any atom is 0.327 e. The highest BCUT2D eigenvalue weighted by molar-refractivity contribution is 8.00. The van der Waals surface area contributed by atoms with E-state index in [0.29, 0.717) is 11.7 Å². The van der Waals surface area contributed by atoms with Gasteiger partial charge in [-0.3, -0.25) is 4.79 Å².